The Morgan fingerprint density at radius 2 is 0.315 bits per heavy atom. The van der Waals surface area contributed by atoms with E-state index in [4.69, 9.17) is 0 Å². The summed E-state index contributed by atoms with van der Waals surface area (Å²) in [5, 5.41) is 14.4. The van der Waals surface area contributed by atoms with Crippen molar-refractivity contribution in [3.8, 4) is 66.8 Å². The highest BCUT2D eigenvalue weighted by Gasteiger charge is 2.22. The van der Waals surface area contributed by atoms with Gasteiger partial charge in [0.05, 0.1) is 0 Å². The third kappa shape index (κ3) is 9.88. The topological polar surface area (TPSA) is 6.48 Å². The van der Waals surface area contributed by atoms with E-state index in [1.165, 1.54) is 120 Å². The zero-order valence-corrected chi connectivity index (χ0v) is 50.5. The van der Waals surface area contributed by atoms with Gasteiger partial charge in [0.25, 0.3) is 0 Å². The van der Waals surface area contributed by atoms with E-state index in [0.717, 1.165) is 45.3 Å². The number of anilines is 6. The summed E-state index contributed by atoms with van der Waals surface area (Å²) in [7, 11) is 0. The van der Waals surface area contributed by atoms with Gasteiger partial charge < -0.3 is 9.80 Å². The lowest BCUT2D eigenvalue weighted by Crippen LogP contribution is -2.09. The smallest absolute Gasteiger partial charge is 0.0468 e. The van der Waals surface area contributed by atoms with Crippen molar-refractivity contribution in [3.05, 3.63) is 364 Å². The van der Waals surface area contributed by atoms with Crippen LogP contribution in [-0.4, -0.2) is 0 Å². The molecule has 0 aliphatic carbocycles. The summed E-state index contributed by atoms with van der Waals surface area (Å²) < 4.78 is 0. The summed E-state index contributed by atoms with van der Waals surface area (Å²) in [5.41, 5.74) is 20.7. The average Bonchev–Trinajstić information content (AvgIpc) is 0.712. The van der Waals surface area contributed by atoms with E-state index in [-0.39, 0.29) is 0 Å². The molecule has 0 aliphatic rings. The molecule has 17 aromatic carbocycles. The number of para-hydroxylation sites is 4. The molecule has 17 rings (SSSR count). The second-order valence-corrected chi connectivity index (χ2v) is 24.0. The zero-order valence-electron chi connectivity index (χ0n) is 50.5. The third-order valence-electron chi connectivity index (χ3n) is 18.5. The first-order valence-electron chi connectivity index (χ1n) is 31.7. The summed E-state index contributed by atoms with van der Waals surface area (Å²) in [6, 6.07) is 134. The van der Waals surface area contributed by atoms with Crippen molar-refractivity contribution in [3.63, 3.8) is 0 Å². The van der Waals surface area contributed by atoms with E-state index < -0.39 is 0 Å². The van der Waals surface area contributed by atoms with Crippen molar-refractivity contribution in [2.24, 2.45) is 0 Å². The number of hydrogen-bond donors (Lipinski definition) is 0. The van der Waals surface area contributed by atoms with Crippen molar-refractivity contribution >= 4 is 98.8 Å². The molecular formula is C90H60N2. The average molecular weight is 1170 g/mol. The largest absolute Gasteiger partial charge is 0.310 e. The summed E-state index contributed by atoms with van der Waals surface area (Å²) >= 11 is 0. The minimum Gasteiger partial charge on any atom is -0.310 e. The van der Waals surface area contributed by atoms with Crippen LogP contribution in [0.4, 0.5) is 34.1 Å². The van der Waals surface area contributed by atoms with Crippen LogP contribution in [0.2, 0.25) is 0 Å². The number of fused-ring (bicyclic) bond motifs is 12. The van der Waals surface area contributed by atoms with Crippen LogP contribution >= 0.6 is 0 Å². The van der Waals surface area contributed by atoms with E-state index in [2.05, 4.69) is 374 Å². The van der Waals surface area contributed by atoms with Gasteiger partial charge in [0.15, 0.2) is 0 Å². The number of nitrogens with zero attached hydrogens (tertiary/aromatic N) is 2. The van der Waals surface area contributed by atoms with Gasteiger partial charge >= 0.3 is 0 Å². The molecule has 17 aromatic rings. The van der Waals surface area contributed by atoms with Crippen LogP contribution in [0.25, 0.3) is 131 Å². The van der Waals surface area contributed by atoms with Gasteiger partial charge in [-0.1, -0.05) is 231 Å². The van der Waals surface area contributed by atoms with E-state index in [1.54, 1.807) is 0 Å². The van der Waals surface area contributed by atoms with Crippen molar-refractivity contribution in [1.82, 2.24) is 0 Å². The Hall–Kier alpha value is -12.1. The first kappa shape index (κ1) is 54.1. The summed E-state index contributed by atoms with van der Waals surface area (Å²) in [6.07, 6.45) is 0. The van der Waals surface area contributed by atoms with Gasteiger partial charge in [-0.2, -0.15) is 0 Å². The first-order chi connectivity index (χ1) is 45.6. The summed E-state index contributed by atoms with van der Waals surface area (Å²) in [4.78, 5) is 4.76. The van der Waals surface area contributed by atoms with Crippen molar-refractivity contribution < 1.29 is 0 Å². The number of benzene rings is 17. The normalized spacial score (nSPS) is 11.5. The Kier molecular flexibility index (Phi) is 13.6. The molecule has 0 aromatic heterocycles. The van der Waals surface area contributed by atoms with Crippen LogP contribution in [0.5, 0.6) is 0 Å². The van der Waals surface area contributed by atoms with Crippen LogP contribution in [-0.2, 0) is 0 Å². The minimum absolute atomic E-state index is 1.09. The highest BCUT2D eigenvalue weighted by Crippen LogP contribution is 2.48. The van der Waals surface area contributed by atoms with Gasteiger partial charge in [-0.05, 0) is 265 Å². The van der Waals surface area contributed by atoms with Crippen LogP contribution in [0.15, 0.2) is 364 Å². The molecule has 0 heterocycles. The van der Waals surface area contributed by atoms with Crippen LogP contribution in [0.3, 0.4) is 0 Å². The van der Waals surface area contributed by atoms with Crippen LogP contribution in [0, 0.1) is 0 Å². The van der Waals surface area contributed by atoms with E-state index in [0.29, 0.717) is 0 Å². The molecule has 0 saturated carbocycles. The Balaban J connectivity index is 0.971. The maximum absolute atomic E-state index is 2.53. The first-order valence-corrected chi connectivity index (χ1v) is 31.7. The van der Waals surface area contributed by atoms with Gasteiger partial charge in [0.1, 0.15) is 0 Å². The molecule has 0 aliphatic heterocycles. The molecule has 0 atom stereocenters. The molecular weight excluding hydrogens is 1110 g/mol. The molecule has 0 fully saturated rings. The third-order valence-corrected chi connectivity index (χ3v) is 18.5. The fourth-order valence-electron chi connectivity index (χ4n) is 14.1. The maximum atomic E-state index is 2.53. The van der Waals surface area contributed by atoms with Gasteiger partial charge in [-0.15, -0.1) is 0 Å². The second kappa shape index (κ2) is 23.1. The lowest BCUT2D eigenvalue weighted by molar-refractivity contribution is 1.29. The quantitative estimate of drug-likeness (QED) is 0.0889. The maximum Gasteiger partial charge on any atom is 0.0468 e. The fourth-order valence-corrected chi connectivity index (χ4v) is 14.1. The second-order valence-electron chi connectivity index (χ2n) is 24.0. The predicted molar refractivity (Wildman–Crippen MR) is 393 cm³/mol. The van der Waals surface area contributed by atoms with E-state index in [9.17, 15) is 0 Å². The van der Waals surface area contributed by atoms with Gasteiger partial charge in [-0.3, -0.25) is 0 Å². The highest BCUT2D eigenvalue weighted by atomic mass is 15.1. The lowest BCUT2D eigenvalue weighted by Gasteiger charge is -2.26. The van der Waals surface area contributed by atoms with Crippen LogP contribution < -0.4 is 9.80 Å². The highest BCUT2D eigenvalue weighted by molar-refractivity contribution is 6.34. The van der Waals surface area contributed by atoms with E-state index in [1.807, 2.05) is 0 Å². The molecule has 2 nitrogen and oxygen atoms in total. The van der Waals surface area contributed by atoms with E-state index >= 15 is 0 Å². The Labute approximate surface area is 536 Å². The fraction of sp³-hybridized carbons (Fsp3) is 0. The SMILES string of the molecule is c1ccc(-c2cc(-c3ccccc3)cc(-c3ccc4c(c3)c3cc5c6ccc(N(c7ccccc7)c7ccccc7)cc6c6ccc(-c7cc(-c8ccccc8)cc(-c8ccccc8)c7)cc6c5cc3c3ccc(N(c5ccccc5)c5ccccc5)cc43)c2)cc1. The summed E-state index contributed by atoms with van der Waals surface area (Å²) in [6.45, 7) is 0. The Morgan fingerprint density at radius 3 is 0.587 bits per heavy atom. The zero-order chi connectivity index (χ0) is 60.9. The molecule has 0 amide bonds. The lowest BCUT2D eigenvalue weighted by atomic mass is 9.86. The predicted octanol–water partition coefficient (Wildman–Crippen LogP) is 25.5. The number of hydrogen-bond acceptors (Lipinski definition) is 2. The van der Waals surface area contributed by atoms with Gasteiger partial charge in [0.2, 0.25) is 0 Å². The Bertz CT molecular complexity index is 5040. The number of rotatable bonds is 12. The molecule has 0 bridgehead atoms. The molecule has 0 radical (unpaired) electrons. The molecule has 92 heavy (non-hydrogen) atoms. The Morgan fingerprint density at radius 1 is 0.109 bits per heavy atom. The molecule has 0 saturated heterocycles. The molecule has 430 valence electrons. The summed E-state index contributed by atoms with van der Waals surface area (Å²) in [5.74, 6) is 0. The van der Waals surface area contributed by atoms with Crippen molar-refractivity contribution in [2.45, 2.75) is 0 Å². The van der Waals surface area contributed by atoms with Gasteiger partial charge in [-0.25, -0.2) is 0 Å². The van der Waals surface area contributed by atoms with Crippen molar-refractivity contribution in [1.29, 1.82) is 0 Å². The standard InChI is InChI=1S/C90H60N2/c1-9-25-61(26-10-1)67-49-68(62-27-11-2-12-28-62)52-71(51-67)65-41-45-79-83(55-65)89-59-88-82-48-44-78(92(75-37-21-7-22-38-75)76-39-23-8-24-40-76)58-86(82)80-46-42-66(72-53-69(63-29-13-3-14-30-63)50-70(54-72)64-31-15-4-16-32-64)56-84(80)90(88)60-87(89)81-47-43-77(57-85(79)81)91(73-33-17-5-18-34-73)74-35-19-6-20-36-74/h1-60H. The minimum atomic E-state index is 1.09. The molecule has 2 heteroatoms. The van der Waals surface area contributed by atoms with Gasteiger partial charge in [0, 0.05) is 34.1 Å². The molecule has 0 unspecified atom stereocenters. The molecule has 0 N–H and O–H groups in total. The van der Waals surface area contributed by atoms with Crippen molar-refractivity contribution in [2.75, 3.05) is 9.80 Å². The van der Waals surface area contributed by atoms with Crippen LogP contribution in [0.1, 0.15) is 0 Å². The molecule has 0 spiro atoms. The monoisotopic (exact) mass is 1170 g/mol.